The van der Waals surface area contributed by atoms with Gasteiger partial charge >= 0.3 is 0 Å². The molecule has 0 spiro atoms. The molecule has 0 amide bonds. The van der Waals surface area contributed by atoms with Gasteiger partial charge in [0.1, 0.15) is 6.33 Å². The van der Waals surface area contributed by atoms with Gasteiger partial charge in [-0.2, -0.15) is 4.98 Å². The molecule has 0 aliphatic heterocycles. The molecule has 3 rings (SSSR count). The molecule has 0 N–H and O–H groups in total. The maximum absolute atomic E-state index is 5.22. The SMILES string of the molecule is Cc1ccc(-n2cnnc2SC(C)c2nc(C)no2)c(C)c1. The molecule has 2 heterocycles. The van der Waals surface area contributed by atoms with Gasteiger partial charge in [-0.15, -0.1) is 10.2 Å². The molecule has 22 heavy (non-hydrogen) atoms. The summed E-state index contributed by atoms with van der Waals surface area (Å²) in [5.41, 5.74) is 3.49. The summed E-state index contributed by atoms with van der Waals surface area (Å²) in [4.78, 5) is 4.27. The van der Waals surface area contributed by atoms with Gasteiger partial charge in [0, 0.05) is 0 Å². The second-order valence-electron chi connectivity index (χ2n) is 5.21. The van der Waals surface area contributed by atoms with E-state index in [1.807, 2.05) is 18.4 Å². The number of rotatable bonds is 4. The highest BCUT2D eigenvalue weighted by atomic mass is 32.2. The number of hydrogen-bond acceptors (Lipinski definition) is 6. The van der Waals surface area contributed by atoms with E-state index >= 15 is 0 Å². The summed E-state index contributed by atoms with van der Waals surface area (Å²) in [6.45, 7) is 7.99. The van der Waals surface area contributed by atoms with Crippen LogP contribution in [0.25, 0.3) is 5.69 Å². The maximum Gasteiger partial charge on any atom is 0.239 e. The third kappa shape index (κ3) is 2.89. The monoisotopic (exact) mass is 315 g/mol. The molecular weight excluding hydrogens is 298 g/mol. The van der Waals surface area contributed by atoms with Crippen molar-refractivity contribution in [2.45, 2.75) is 38.1 Å². The van der Waals surface area contributed by atoms with Gasteiger partial charge in [-0.25, -0.2) is 0 Å². The Morgan fingerprint density at radius 1 is 1.23 bits per heavy atom. The minimum absolute atomic E-state index is 0.00917. The Labute approximate surface area is 133 Å². The summed E-state index contributed by atoms with van der Waals surface area (Å²) in [6, 6.07) is 6.32. The fourth-order valence-corrected chi connectivity index (χ4v) is 3.10. The molecular formula is C15H17N5OS. The predicted octanol–water partition coefficient (Wildman–Crippen LogP) is 3.43. The first-order valence-electron chi connectivity index (χ1n) is 6.99. The smallest absolute Gasteiger partial charge is 0.239 e. The molecule has 0 radical (unpaired) electrons. The molecule has 3 aromatic rings. The summed E-state index contributed by atoms with van der Waals surface area (Å²) in [5.74, 6) is 1.23. The molecule has 0 fully saturated rings. The Balaban J connectivity index is 1.89. The van der Waals surface area contributed by atoms with E-state index in [9.17, 15) is 0 Å². The van der Waals surface area contributed by atoms with Gasteiger partial charge in [-0.05, 0) is 39.3 Å². The van der Waals surface area contributed by atoms with Crippen LogP contribution in [0.4, 0.5) is 0 Å². The van der Waals surface area contributed by atoms with Crippen molar-refractivity contribution in [1.82, 2.24) is 24.9 Å². The van der Waals surface area contributed by atoms with E-state index in [2.05, 4.69) is 52.4 Å². The van der Waals surface area contributed by atoms with Crippen molar-refractivity contribution >= 4 is 11.8 Å². The second kappa shape index (κ2) is 5.92. The van der Waals surface area contributed by atoms with Gasteiger partial charge in [-0.3, -0.25) is 4.57 Å². The van der Waals surface area contributed by atoms with E-state index in [0.29, 0.717) is 11.7 Å². The lowest BCUT2D eigenvalue weighted by molar-refractivity contribution is 0.376. The topological polar surface area (TPSA) is 69.6 Å². The summed E-state index contributed by atoms with van der Waals surface area (Å²) in [6.07, 6.45) is 1.73. The number of hydrogen-bond donors (Lipinski definition) is 0. The molecule has 1 unspecified atom stereocenters. The normalized spacial score (nSPS) is 12.5. The van der Waals surface area contributed by atoms with Crippen LogP contribution in [-0.4, -0.2) is 24.9 Å². The number of nitrogens with zero attached hydrogens (tertiary/aromatic N) is 5. The van der Waals surface area contributed by atoms with E-state index in [-0.39, 0.29) is 5.25 Å². The lowest BCUT2D eigenvalue weighted by atomic mass is 10.1. The van der Waals surface area contributed by atoms with E-state index in [4.69, 9.17) is 4.52 Å². The summed E-state index contributed by atoms with van der Waals surface area (Å²) < 4.78 is 7.21. The molecule has 2 aromatic heterocycles. The predicted molar refractivity (Wildman–Crippen MR) is 84.1 cm³/mol. The van der Waals surface area contributed by atoms with E-state index in [1.165, 1.54) is 11.1 Å². The van der Waals surface area contributed by atoms with Crippen molar-refractivity contribution in [1.29, 1.82) is 0 Å². The van der Waals surface area contributed by atoms with Gasteiger partial charge in [0.25, 0.3) is 0 Å². The van der Waals surface area contributed by atoms with Crippen LogP contribution in [-0.2, 0) is 0 Å². The number of aryl methyl sites for hydroxylation is 3. The van der Waals surface area contributed by atoms with Crippen LogP contribution < -0.4 is 0 Å². The highest BCUT2D eigenvalue weighted by Gasteiger charge is 2.18. The Kier molecular flexibility index (Phi) is 3.98. The van der Waals surface area contributed by atoms with Gasteiger partial charge in [0.2, 0.25) is 5.89 Å². The van der Waals surface area contributed by atoms with Crippen LogP contribution in [0.15, 0.2) is 34.2 Å². The summed E-state index contributed by atoms with van der Waals surface area (Å²) >= 11 is 1.54. The Morgan fingerprint density at radius 2 is 2.05 bits per heavy atom. The average Bonchev–Trinajstić information content (AvgIpc) is 3.08. The molecule has 0 aliphatic carbocycles. The highest BCUT2D eigenvalue weighted by molar-refractivity contribution is 7.99. The zero-order valence-electron chi connectivity index (χ0n) is 12.9. The Bertz CT molecular complexity index is 795. The first-order valence-corrected chi connectivity index (χ1v) is 7.87. The lowest BCUT2D eigenvalue weighted by Gasteiger charge is -2.11. The number of thioether (sulfide) groups is 1. The molecule has 1 aromatic carbocycles. The average molecular weight is 315 g/mol. The van der Waals surface area contributed by atoms with Crippen molar-refractivity contribution in [3.8, 4) is 5.69 Å². The molecule has 114 valence electrons. The van der Waals surface area contributed by atoms with Crippen LogP contribution in [0.2, 0.25) is 0 Å². The lowest BCUT2D eigenvalue weighted by Crippen LogP contribution is -2.00. The standard InChI is InChI=1S/C15H17N5OS/c1-9-5-6-13(10(2)7-9)20-8-16-18-15(20)22-11(3)14-17-12(4)19-21-14/h5-8,11H,1-4H3. The van der Waals surface area contributed by atoms with Crippen molar-refractivity contribution in [3.63, 3.8) is 0 Å². The number of aromatic nitrogens is 5. The van der Waals surface area contributed by atoms with Crippen LogP contribution in [0.5, 0.6) is 0 Å². The molecule has 0 bridgehead atoms. The van der Waals surface area contributed by atoms with Crippen molar-refractivity contribution in [2.24, 2.45) is 0 Å². The summed E-state index contributed by atoms with van der Waals surface area (Å²) in [7, 11) is 0. The van der Waals surface area contributed by atoms with Crippen LogP contribution in [0.3, 0.4) is 0 Å². The van der Waals surface area contributed by atoms with Gasteiger partial charge in [-0.1, -0.05) is 34.6 Å². The second-order valence-corrected chi connectivity index (χ2v) is 6.52. The van der Waals surface area contributed by atoms with E-state index in [0.717, 1.165) is 10.8 Å². The van der Waals surface area contributed by atoms with E-state index in [1.54, 1.807) is 18.1 Å². The molecule has 7 heteroatoms. The fraction of sp³-hybridized carbons (Fsp3) is 0.333. The quantitative estimate of drug-likeness (QED) is 0.687. The minimum atomic E-state index is 0.00917. The van der Waals surface area contributed by atoms with Gasteiger partial charge in [0.05, 0.1) is 10.9 Å². The van der Waals surface area contributed by atoms with Gasteiger partial charge < -0.3 is 4.52 Å². The number of benzene rings is 1. The largest absolute Gasteiger partial charge is 0.338 e. The van der Waals surface area contributed by atoms with Gasteiger partial charge in [0.15, 0.2) is 11.0 Å². The Morgan fingerprint density at radius 3 is 2.73 bits per heavy atom. The van der Waals surface area contributed by atoms with E-state index < -0.39 is 0 Å². The van der Waals surface area contributed by atoms with Crippen LogP contribution in [0.1, 0.15) is 35.0 Å². The van der Waals surface area contributed by atoms with Crippen LogP contribution in [0, 0.1) is 20.8 Å². The van der Waals surface area contributed by atoms with Crippen molar-refractivity contribution < 1.29 is 4.52 Å². The molecule has 0 saturated carbocycles. The Hall–Kier alpha value is -2.15. The third-order valence-electron chi connectivity index (χ3n) is 3.30. The highest BCUT2D eigenvalue weighted by Crippen LogP contribution is 2.34. The molecule has 6 nitrogen and oxygen atoms in total. The fourth-order valence-electron chi connectivity index (χ4n) is 2.23. The molecule has 1 atom stereocenters. The van der Waals surface area contributed by atoms with Crippen molar-refractivity contribution in [2.75, 3.05) is 0 Å². The minimum Gasteiger partial charge on any atom is -0.338 e. The molecule has 0 saturated heterocycles. The summed E-state index contributed by atoms with van der Waals surface area (Å²) in [5, 5.41) is 12.9. The van der Waals surface area contributed by atoms with Crippen molar-refractivity contribution in [3.05, 3.63) is 47.4 Å². The third-order valence-corrected chi connectivity index (χ3v) is 4.35. The first-order chi connectivity index (χ1) is 10.5. The zero-order valence-corrected chi connectivity index (χ0v) is 13.8. The molecule has 0 aliphatic rings. The maximum atomic E-state index is 5.22. The van der Waals surface area contributed by atoms with Crippen LogP contribution >= 0.6 is 11.8 Å². The first kappa shape index (κ1) is 14.8. The zero-order chi connectivity index (χ0) is 15.7.